The highest BCUT2D eigenvalue weighted by molar-refractivity contribution is 6.31. The lowest BCUT2D eigenvalue weighted by Crippen LogP contribution is -2.45. The van der Waals surface area contributed by atoms with Crippen LogP contribution in [0.2, 0.25) is 5.02 Å². The van der Waals surface area contributed by atoms with Crippen LogP contribution in [-0.2, 0) is 0 Å². The standard InChI is InChI=1S/C20H22ClFN2O2/c1-13(23)14-3-2-10-24(12-14)20(25)18-11-15(21)4-9-19(18)26-17-7-5-16(22)6-8-17/h4-9,11,13-14H,2-3,10,12,23H2,1H3. The van der Waals surface area contributed by atoms with Crippen molar-refractivity contribution < 1.29 is 13.9 Å². The number of ether oxygens (including phenoxy) is 1. The molecule has 26 heavy (non-hydrogen) atoms. The highest BCUT2D eigenvalue weighted by Crippen LogP contribution is 2.30. The van der Waals surface area contributed by atoms with E-state index in [-0.39, 0.29) is 23.7 Å². The third-order valence-electron chi connectivity index (χ3n) is 4.70. The quantitative estimate of drug-likeness (QED) is 0.856. The maximum absolute atomic E-state index is 13.1. The Kier molecular flexibility index (Phi) is 5.79. The first-order chi connectivity index (χ1) is 12.4. The van der Waals surface area contributed by atoms with Gasteiger partial charge in [0, 0.05) is 24.2 Å². The number of rotatable bonds is 4. The molecule has 2 N–H and O–H groups in total. The van der Waals surface area contributed by atoms with Crippen LogP contribution in [0.15, 0.2) is 42.5 Å². The van der Waals surface area contributed by atoms with E-state index in [0.717, 1.165) is 12.8 Å². The summed E-state index contributed by atoms with van der Waals surface area (Å²) in [5.74, 6) is 0.659. The molecule has 138 valence electrons. The number of nitrogens with zero attached hydrogens (tertiary/aromatic N) is 1. The molecule has 0 aliphatic carbocycles. The van der Waals surface area contributed by atoms with Crippen LogP contribution in [0, 0.1) is 11.7 Å². The van der Waals surface area contributed by atoms with E-state index in [9.17, 15) is 9.18 Å². The summed E-state index contributed by atoms with van der Waals surface area (Å²) in [7, 11) is 0. The minimum atomic E-state index is -0.347. The van der Waals surface area contributed by atoms with Gasteiger partial charge in [-0.05, 0) is 68.1 Å². The Morgan fingerprint density at radius 3 is 2.73 bits per heavy atom. The Morgan fingerprint density at radius 2 is 2.04 bits per heavy atom. The van der Waals surface area contributed by atoms with Crippen molar-refractivity contribution in [2.75, 3.05) is 13.1 Å². The van der Waals surface area contributed by atoms with Crippen LogP contribution in [0.5, 0.6) is 11.5 Å². The molecule has 1 fully saturated rings. The molecular weight excluding hydrogens is 355 g/mol. The lowest BCUT2D eigenvalue weighted by Gasteiger charge is -2.35. The molecule has 2 unspecified atom stereocenters. The zero-order chi connectivity index (χ0) is 18.7. The second-order valence-electron chi connectivity index (χ2n) is 6.71. The fraction of sp³-hybridized carbons (Fsp3) is 0.350. The molecule has 2 atom stereocenters. The van der Waals surface area contributed by atoms with Gasteiger partial charge in [-0.25, -0.2) is 4.39 Å². The van der Waals surface area contributed by atoms with E-state index in [2.05, 4.69) is 0 Å². The second kappa shape index (κ2) is 8.06. The van der Waals surface area contributed by atoms with Crippen LogP contribution >= 0.6 is 11.6 Å². The average Bonchev–Trinajstić information content (AvgIpc) is 2.64. The van der Waals surface area contributed by atoms with Gasteiger partial charge >= 0.3 is 0 Å². The number of benzene rings is 2. The number of hydrogen-bond donors (Lipinski definition) is 1. The van der Waals surface area contributed by atoms with Crippen molar-refractivity contribution in [2.24, 2.45) is 11.7 Å². The summed E-state index contributed by atoms with van der Waals surface area (Å²) in [5, 5.41) is 0.459. The predicted octanol–water partition coefficient (Wildman–Crippen LogP) is 4.47. The zero-order valence-corrected chi connectivity index (χ0v) is 15.4. The normalized spacial score (nSPS) is 18.5. The molecule has 6 heteroatoms. The van der Waals surface area contributed by atoms with Crippen LogP contribution in [-0.4, -0.2) is 29.9 Å². The van der Waals surface area contributed by atoms with Gasteiger partial charge < -0.3 is 15.4 Å². The van der Waals surface area contributed by atoms with Gasteiger partial charge in [-0.15, -0.1) is 0 Å². The molecule has 0 saturated carbocycles. The molecule has 2 aromatic rings. The summed E-state index contributed by atoms with van der Waals surface area (Å²) in [4.78, 5) is 14.9. The Morgan fingerprint density at radius 1 is 1.31 bits per heavy atom. The van der Waals surface area contributed by atoms with Crippen LogP contribution in [0.25, 0.3) is 0 Å². The number of carbonyl (C=O) groups excluding carboxylic acids is 1. The summed E-state index contributed by atoms with van der Waals surface area (Å²) < 4.78 is 18.9. The largest absolute Gasteiger partial charge is 0.457 e. The summed E-state index contributed by atoms with van der Waals surface area (Å²) in [5.41, 5.74) is 6.42. The molecule has 0 bridgehead atoms. The van der Waals surface area contributed by atoms with Crippen LogP contribution < -0.4 is 10.5 Å². The van der Waals surface area contributed by atoms with Gasteiger partial charge in [0.25, 0.3) is 5.91 Å². The molecule has 1 aliphatic rings. The SMILES string of the molecule is CC(N)C1CCCN(C(=O)c2cc(Cl)ccc2Oc2ccc(F)cc2)C1. The van der Waals surface area contributed by atoms with E-state index < -0.39 is 0 Å². The van der Waals surface area contributed by atoms with E-state index >= 15 is 0 Å². The molecular formula is C20H22ClFN2O2. The summed E-state index contributed by atoms with van der Waals surface area (Å²) in [6, 6.07) is 10.6. The minimum Gasteiger partial charge on any atom is -0.457 e. The highest BCUT2D eigenvalue weighted by atomic mass is 35.5. The molecule has 1 amide bonds. The first-order valence-electron chi connectivity index (χ1n) is 8.72. The van der Waals surface area contributed by atoms with Crippen molar-refractivity contribution >= 4 is 17.5 Å². The van der Waals surface area contributed by atoms with Gasteiger partial charge in [-0.3, -0.25) is 4.79 Å². The maximum Gasteiger partial charge on any atom is 0.257 e. The topological polar surface area (TPSA) is 55.6 Å². The number of hydrogen-bond acceptors (Lipinski definition) is 3. The molecule has 3 rings (SSSR count). The maximum atomic E-state index is 13.1. The Balaban J connectivity index is 1.85. The summed E-state index contributed by atoms with van der Waals surface area (Å²) >= 11 is 6.11. The van der Waals surface area contributed by atoms with E-state index in [1.54, 1.807) is 23.1 Å². The van der Waals surface area contributed by atoms with Crippen LogP contribution in [0.1, 0.15) is 30.1 Å². The van der Waals surface area contributed by atoms with Gasteiger partial charge in [0.15, 0.2) is 0 Å². The molecule has 0 spiro atoms. The monoisotopic (exact) mass is 376 g/mol. The van der Waals surface area contributed by atoms with Crippen LogP contribution in [0.3, 0.4) is 0 Å². The molecule has 1 aliphatic heterocycles. The lowest BCUT2D eigenvalue weighted by molar-refractivity contribution is 0.0658. The fourth-order valence-corrected chi connectivity index (χ4v) is 3.35. The first-order valence-corrected chi connectivity index (χ1v) is 9.09. The molecule has 1 saturated heterocycles. The number of amides is 1. The smallest absolute Gasteiger partial charge is 0.257 e. The van der Waals surface area contributed by atoms with Crippen molar-refractivity contribution in [3.05, 3.63) is 58.9 Å². The van der Waals surface area contributed by atoms with Gasteiger partial charge in [0.1, 0.15) is 17.3 Å². The fourth-order valence-electron chi connectivity index (χ4n) is 3.18. The molecule has 2 aromatic carbocycles. The van der Waals surface area contributed by atoms with Crippen LogP contribution in [0.4, 0.5) is 4.39 Å². The van der Waals surface area contributed by atoms with Gasteiger partial charge in [0.05, 0.1) is 5.56 Å². The van der Waals surface area contributed by atoms with E-state index in [1.165, 1.54) is 24.3 Å². The Hall–Kier alpha value is -2.11. The molecule has 4 nitrogen and oxygen atoms in total. The summed E-state index contributed by atoms with van der Waals surface area (Å²) in [6.07, 6.45) is 1.95. The first kappa shape index (κ1) is 18.7. The number of nitrogens with two attached hydrogens (primary N) is 1. The summed E-state index contributed by atoms with van der Waals surface area (Å²) in [6.45, 7) is 3.28. The van der Waals surface area contributed by atoms with Crippen molar-refractivity contribution in [2.45, 2.75) is 25.8 Å². The zero-order valence-electron chi connectivity index (χ0n) is 14.6. The number of piperidine rings is 1. The number of carbonyl (C=O) groups is 1. The number of likely N-dealkylation sites (tertiary alicyclic amines) is 1. The average molecular weight is 377 g/mol. The minimum absolute atomic E-state index is 0.0416. The van der Waals surface area contributed by atoms with Crippen molar-refractivity contribution in [3.63, 3.8) is 0 Å². The predicted molar refractivity (Wildman–Crippen MR) is 100 cm³/mol. The Bertz CT molecular complexity index is 780. The van der Waals surface area contributed by atoms with E-state index in [1.807, 2.05) is 6.92 Å². The Labute approximate surface area is 157 Å². The van der Waals surface area contributed by atoms with E-state index in [0.29, 0.717) is 35.2 Å². The number of halogens is 2. The molecule has 0 aromatic heterocycles. The van der Waals surface area contributed by atoms with Crippen molar-refractivity contribution in [3.8, 4) is 11.5 Å². The van der Waals surface area contributed by atoms with Crippen molar-refractivity contribution in [1.29, 1.82) is 0 Å². The van der Waals surface area contributed by atoms with Gasteiger partial charge in [-0.2, -0.15) is 0 Å². The van der Waals surface area contributed by atoms with Crippen molar-refractivity contribution in [1.82, 2.24) is 4.90 Å². The lowest BCUT2D eigenvalue weighted by atomic mass is 9.92. The molecule has 0 radical (unpaired) electrons. The highest BCUT2D eigenvalue weighted by Gasteiger charge is 2.28. The van der Waals surface area contributed by atoms with Gasteiger partial charge in [-0.1, -0.05) is 11.6 Å². The molecule has 1 heterocycles. The van der Waals surface area contributed by atoms with E-state index in [4.69, 9.17) is 22.1 Å². The van der Waals surface area contributed by atoms with Gasteiger partial charge in [0.2, 0.25) is 0 Å². The third kappa shape index (κ3) is 4.34. The second-order valence-corrected chi connectivity index (χ2v) is 7.15. The third-order valence-corrected chi connectivity index (χ3v) is 4.94.